The van der Waals surface area contributed by atoms with Crippen molar-refractivity contribution in [2.24, 2.45) is 11.8 Å². The number of nitrogens with zero attached hydrogens (tertiary/aromatic N) is 6. The fourth-order valence-corrected chi connectivity index (χ4v) is 21.1. The third-order valence-corrected chi connectivity index (χ3v) is 24.0. The molecule has 0 amide bonds. The number of thiol groups is 1. The number of fused-ring (bicyclic) bond motifs is 4. The molecule has 0 spiro atoms. The van der Waals surface area contributed by atoms with E-state index in [1.807, 2.05) is 55.4 Å². The van der Waals surface area contributed by atoms with Gasteiger partial charge in [-0.25, -0.2) is 24.2 Å². The summed E-state index contributed by atoms with van der Waals surface area (Å²) in [6.45, 7) is 7.36. The van der Waals surface area contributed by atoms with Crippen molar-refractivity contribution < 1.29 is 45.6 Å². The van der Waals surface area contributed by atoms with Crippen LogP contribution in [0.1, 0.15) is 80.7 Å². The molecule has 1 aliphatic heterocycles. The Labute approximate surface area is 338 Å². The van der Waals surface area contributed by atoms with Crippen LogP contribution in [0.3, 0.4) is 0 Å². The molecule has 3 aliphatic rings. The van der Waals surface area contributed by atoms with Gasteiger partial charge in [-0.1, -0.05) is 72.9 Å². The van der Waals surface area contributed by atoms with E-state index in [-0.39, 0.29) is 53.0 Å². The minimum Gasteiger partial charge on any atom is -0.474 e. The van der Waals surface area contributed by atoms with Gasteiger partial charge < -0.3 is 41.5 Å². The van der Waals surface area contributed by atoms with E-state index in [0.717, 1.165) is 0 Å². The van der Waals surface area contributed by atoms with Crippen molar-refractivity contribution in [3.05, 3.63) is 35.3 Å². The van der Waals surface area contributed by atoms with Gasteiger partial charge in [0.1, 0.15) is 18.5 Å². The highest BCUT2D eigenvalue weighted by atomic mass is 32.7. The van der Waals surface area contributed by atoms with Crippen molar-refractivity contribution >= 4 is 65.9 Å². The highest BCUT2D eigenvalue weighted by molar-refractivity contribution is 8.44. The molecular formula is C32H53N7O11P2S2Si2. The van der Waals surface area contributed by atoms with Gasteiger partial charge in [0.2, 0.25) is 5.88 Å². The van der Waals surface area contributed by atoms with Crippen LogP contribution in [0.2, 0.25) is 22.2 Å². The van der Waals surface area contributed by atoms with Gasteiger partial charge in [0, 0.05) is 30.5 Å². The first-order valence-corrected chi connectivity index (χ1v) is 28.1. The van der Waals surface area contributed by atoms with E-state index in [9.17, 15) is 19.0 Å². The molecule has 24 heteroatoms. The summed E-state index contributed by atoms with van der Waals surface area (Å²) in [6.07, 6.45) is 1.92. The largest absolute Gasteiger partial charge is 0.474 e. The number of nitrogens with one attached hydrogen (secondary N) is 1. The maximum Gasteiger partial charge on any atom is 0.386 e. The molecule has 4 heterocycles. The van der Waals surface area contributed by atoms with Gasteiger partial charge in [0.25, 0.3) is 5.56 Å². The standard InChI is InChI=1S/C32H53N7O11P2S2Si2/c1-18(2)55(43,19(3)4)50-56(20(5)6,21(7)8)49-29-23-12-25(39-31-28(37-38-39)32(40)36-17-35-31)30(29)48-52(42,54)44-14-22-11-24(46-27-9-10-33-16-34-27)13-26(22)47-51(41,53)45-15-23/h9-10,16-26,29-30,43H,11-15H2,1-8H3,(H,41,53)(H,42,54)(H,35,36,40)/t22-,23?,24-,25-,26+,29-,30+,51?,52?/m1/s1. The number of H-pyrrole nitrogens is 1. The van der Waals surface area contributed by atoms with Crippen LogP contribution in [0.25, 0.3) is 11.2 Å². The Kier molecular flexibility index (Phi) is 13.6. The Morgan fingerprint density at radius 3 is 2.34 bits per heavy atom. The summed E-state index contributed by atoms with van der Waals surface area (Å²) in [5.41, 5.74) is -1.04. The second kappa shape index (κ2) is 17.2. The predicted octanol–water partition coefficient (Wildman–Crippen LogP) is 5.71. The third-order valence-electron chi connectivity index (χ3n) is 11.1. The quantitative estimate of drug-likeness (QED) is 0.103. The lowest BCUT2D eigenvalue weighted by Gasteiger charge is -2.48. The Morgan fingerprint density at radius 2 is 1.70 bits per heavy atom. The van der Waals surface area contributed by atoms with Crippen LogP contribution in [0.15, 0.2) is 29.7 Å². The lowest BCUT2D eigenvalue weighted by atomic mass is 10.1. The van der Waals surface area contributed by atoms with E-state index >= 15 is 0 Å². The molecule has 3 unspecified atom stereocenters. The highest BCUT2D eigenvalue weighted by Crippen LogP contribution is 2.60. The molecule has 2 aliphatic carbocycles. The Hall–Kier alpha value is -1.50. The summed E-state index contributed by atoms with van der Waals surface area (Å²) in [5.74, 6) is -0.708. The number of hydrogen-bond acceptors (Lipinski definition) is 16. The molecule has 3 aromatic heterocycles. The second-order valence-electron chi connectivity index (χ2n) is 16.0. The van der Waals surface area contributed by atoms with Crippen molar-refractivity contribution in [3.8, 4) is 5.88 Å². The topological polar surface area (TPSA) is 224 Å². The Balaban J connectivity index is 1.42. The average molecular weight is 894 g/mol. The summed E-state index contributed by atoms with van der Waals surface area (Å²) < 4.78 is 61.3. The number of rotatable bonds is 11. The maximum absolute atomic E-state index is 14.5. The fraction of sp³-hybridized carbons (Fsp3) is 0.750. The minimum atomic E-state index is -4.24. The molecule has 0 aromatic carbocycles. The van der Waals surface area contributed by atoms with Crippen LogP contribution in [-0.2, 0) is 43.0 Å². The number of aromatic amines is 1. The Morgan fingerprint density at radius 1 is 1.00 bits per heavy atom. The van der Waals surface area contributed by atoms with Crippen LogP contribution in [0.5, 0.6) is 5.88 Å². The molecule has 3 aromatic rings. The predicted molar refractivity (Wildman–Crippen MR) is 217 cm³/mol. The van der Waals surface area contributed by atoms with E-state index in [2.05, 4.69) is 42.5 Å². The van der Waals surface area contributed by atoms with Gasteiger partial charge in [-0.15, -0.1) is 5.10 Å². The van der Waals surface area contributed by atoms with Crippen LogP contribution < -0.4 is 10.3 Å². The van der Waals surface area contributed by atoms with Crippen molar-refractivity contribution in [1.29, 1.82) is 0 Å². The van der Waals surface area contributed by atoms with Gasteiger partial charge in [0.15, 0.2) is 11.2 Å². The molecule has 18 nitrogen and oxygen atoms in total. The van der Waals surface area contributed by atoms with Gasteiger partial charge in [-0.05, 0) is 46.8 Å². The molecule has 3 N–H and O–H groups in total. The van der Waals surface area contributed by atoms with Crippen molar-refractivity contribution in [2.45, 2.75) is 127 Å². The van der Waals surface area contributed by atoms with Gasteiger partial charge in [-0.3, -0.25) is 9.32 Å². The number of ether oxygens (including phenoxy) is 1. The van der Waals surface area contributed by atoms with E-state index in [1.54, 1.807) is 12.3 Å². The molecule has 3 fully saturated rings. The SMILES string of the molecule is CC(C)[Si](O)(O[Si](O[C@@H]1C2COP(O)(=S)O[C@H]3C[C@H](Oc4ccncn4)C[C@@H]3COP(=O)(S)O[C@H]1[C@H](n1nnc3c(=O)[nH]cnc31)C2)(C(C)C)C(C)C)C(C)C. The molecule has 1 saturated heterocycles. The van der Waals surface area contributed by atoms with Crippen molar-refractivity contribution in [1.82, 2.24) is 34.9 Å². The molecule has 56 heavy (non-hydrogen) atoms. The van der Waals surface area contributed by atoms with E-state index in [1.165, 1.54) is 17.3 Å². The zero-order valence-electron chi connectivity index (χ0n) is 32.7. The van der Waals surface area contributed by atoms with Crippen molar-refractivity contribution in [3.63, 3.8) is 0 Å². The highest BCUT2D eigenvalue weighted by Gasteiger charge is 2.60. The second-order valence-corrected chi connectivity index (χ2v) is 30.3. The zero-order chi connectivity index (χ0) is 40.8. The normalized spacial score (nSPS) is 32.2. The lowest BCUT2D eigenvalue weighted by Crippen LogP contribution is -2.62. The molecule has 2 saturated carbocycles. The molecule has 0 radical (unpaired) electrons. The maximum atomic E-state index is 14.5. The van der Waals surface area contributed by atoms with Crippen LogP contribution in [0, 0.1) is 11.8 Å². The summed E-state index contributed by atoms with van der Waals surface area (Å²) in [5, 5.41) is 8.42. The number of hydrogen-bond donors (Lipinski definition) is 4. The average Bonchev–Trinajstić information content (AvgIpc) is 3.81. The summed E-state index contributed by atoms with van der Waals surface area (Å²) in [7, 11) is -6.93. The smallest absolute Gasteiger partial charge is 0.386 e. The van der Waals surface area contributed by atoms with Crippen molar-refractivity contribution in [2.75, 3.05) is 13.2 Å². The Bertz CT molecular complexity index is 1970. The van der Waals surface area contributed by atoms with E-state index in [4.69, 9.17) is 43.2 Å². The molecule has 9 atom stereocenters. The molecule has 2 bridgehead atoms. The van der Waals surface area contributed by atoms with E-state index < -0.39 is 78.5 Å². The first-order chi connectivity index (χ1) is 26.2. The van der Waals surface area contributed by atoms with Gasteiger partial charge >= 0.3 is 30.6 Å². The van der Waals surface area contributed by atoms with E-state index in [0.29, 0.717) is 18.7 Å². The first-order valence-electron chi connectivity index (χ1n) is 18.9. The molecular weight excluding hydrogens is 841 g/mol. The first kappa shape index (κ1) is 44.1. The minimum absolute atomic E-state index is 0.00486. The summed E-state index contributed by atoms with van der Waals surface area (Å²) >= 11 is 10.1. The zero-order valence-corrected chi connectivity index (χ0v) is 38.2. The summed E-state index contributed by atoms with van der Waals surface area (Å²) in [6, 6.07) is 0.824. The van der Waals surface area contributed by atoms with Gasteiger partial charge in [0.05, 0.1) is 37.8 Å². The molecule has 6 rings (SSSR count). The fourth-order valence-electron chi connectivity index (χ4n) is 8.05. The van der Waals surface area contributed by atoms with Crippen LogP contribution >= 0.6 is 25.8 Å². The van der Waals surface area contributed by atoms with Gasteiger partial charge in [-0.2, -0.15) is 0 Å². The molecule has 312 valence electrons. The van der Waals surface area contributed by atoms with Crippen LogP contribution in [0.4, 0.5) is 0 Å². The lowest BCUT2D eigenvalue weighted by molar-refractivity contribution is -0.00255. The third kappa shape index (κ3) is 9.28. The monoisotopic (exact) mass is 893 g/mol. The summed E-state index contributed by atoms with van der Waals surface area (Å²) in [4.78, 5) is 51.5. The number of aromatic nitrogens is 7. The van der Waals surface area contributed by atoms with Crippen LogP contribution in [-0.4, -0.2) is 99.4 Å².